The Kier molecular flexibility index (Phi) is 5.60. The molecule has 0 aliphatic carbocycles. The molecule has 1 unspecified atom stereocenters. The molecule has 2 rings (SSSR count). The summed E-state index contributed by atoms with van der Waals surface area (Å²) in [6.45, 7) is 3.09. The molecular weight excluding hydrogens is 267 g/mol. The first-order chi connectivity index (χ1) is 9.74. The molecule has 20 heavy (non-hydrogen) atoms. The lowest BCUT2D eigenvalue weighted by molar-refractivity contribution is -0.116. The molecule has 1 atom stereocenters. The van der Waals surface area contributed by atoms with Gasteiger partial charge in [0.15, 0.2) is 0 Å². The van der Waals surface area contributed by atoms with Crippen molar-refractivity contribution in [1.29, 1.82) is 0 Å². The molecule has 108 valence electrons. The second-order valence-corrected chi connectivity index (χ2v) is 5.60. The average molecular weight is 290 g/mol. The Morgan fingerprint density at radius 2 is 2.10 bits per heavy atom. The van der Waals surface area contributed by atoms with Gasteiger partial charge in [-0.25, -0.2) is 0 Å². The summed E-state index contributed by atoms with van der Waals surface area (Å²) in [5, 5.41) is 4.16. The highest BCUT2D eigenvalue weighted by molar-refractivity contribution is 7.16. The van der Waals surface area contributed by atoms with Crippen molar-refractivity contribution in [3.63, 3.8) is 0 Å². The van der Waals surface area contributed by atoms with E-state index in [1.807, 2.05) is 12.1 Å². The highest BCUT2D eigenvalue weighted by Crippen LogP contribution is 2.20. The van der Waals surface area contributed by atoms with Crippen molar-refractivity contribution >= 4 is 31.7 Å². The van der Waals surface area contributed by atoms with E-state index in [9.17, 15) is 4.79 Å². The van der Waals surface area contributed by atoms with Crippen molar-refractivity contribution in [3.8, 4) is 0 Å². The molecule has 0 saturated heterocycles. The Balaban J connectivity index is 1.94. The summed E-state index contributed by atoms with van der Waals surface area (Å²) < 4.78 is 2.20. The van der Waals surface area contributed by atoms with Crippen LogP contribution in [0.2, 0.25) is 0 Å². The molecular formula is C16H23N2OP. The van der Waals surface area contributed by atoms with Crippen molar-refractivity contribution in [1.82, 2.24) is 4.57 Å². The number of nitrogens with zero attached hydrogens (tertiary/aromatic N) is 1. The van der Waals surface area contributed by atoms with Gasteiger partial charge in [-0.1, -0.05) is 6.42 Å². The minimum absolute atomic E-state index is 0.114. The summed E-state index contributed by atoms with van der Waals surface area (Å²) in [7, 11) is 2.72. The van der Waals surface area contributed by atoms with E-state index in [2.05, 4.69) is 44.4 Å². The Hall–Kier alpha value is -1.34. The molecule has 1 N–H and O–H groups in total. The smallest absolute Gasteiger partial charge is 0.224 e. The number of aromatic nitrogens is 1. The zero-order valence-electron chi connectivity index (χ0n) is 12.1. The summed E-state index contributed by atoms with van der Waals surface area (Å²) in [5.41, 5.74) is 2.10. The van der Waals surface area contributed by atoms with E-state index >= 15 is 0 Å². The first kappa shape index (κ1) is 15.1. The molecule has 0 radical (unpaired) electrons. The lowest BCUT2D eigenvalue weighted by atomic mass is 10.2. The maximum absolute atomic E-state index is 11.9. The van der Waals surface area contributed by atoms with Crippen LogP contribution in [0, 0.1) is 0 Å². The van der Waals surface area contributed by atoms with Gasteiger partial charge in [0.25, 0.3) is 0 Å². The van der Waals surface area contributed by atoms with Crippen LogP contribution in [0.1, 0.15) is 32.6 Å². The highest BCUT2D eigenvalue weighted by atomic mass is 31.0. The van der Waals surface area contributed by atoms with Crippen molar-refractivity contribution in [2.45, 2.75) is 39.2 Å². The lowest BCUT2D eigenvalue weighted by Gasteiger charge is -2.06. The lowest BCUT2D eigenvalue weighted by Crippen LogP contribution is -2.10. The van der Waals surface area contributed by atoms with Gasteiger partial charge in [0.1, 0.15) is 0 Å². The standard InChI is InChI=1S/C16H23N2OP/c1-2-18-10-9-13-12-14(7-8-15(13)18)17-16(19)6-4-3-5-11-20/h7-10,12H,2-6,11,20H2,1H3,(H,17,19). The van der Waals surface area contributed by atoms with Crippen molar-refractivity contribution in [2.75, 3.05) is 11.5 Å². The topological polar surface area (TPSA) is 34.0 Å². The Morgan fingerprint density at radius 3 is 2.85 bits per heavy atom. The van der Waals surface area contributed by atoms with E-state index in [1.54, 1.807) is 0 Å². The monoisotopic (exact) mass is 290 g/mol. The largest absolute Gasteiger partial charge is 0.348 e. The molecule has 0 bridgehead atoms. The predicted molar refractivity (Wildman–Crippen MR) is 89.3 cm³/mol. The number of amides is 1. The molecule has 2 aromatic rings. The van der Waals surface area contributed by atoms with Gasteiger partial charge in [-0.15, -0.1) is 9.24 Å². The van der Waals surface area contributed by atoms with E-state index in [-0.39, 0.29) is 5.91 Å². The normalized spacial score (nSPS) is 10.9. The number of carbonyl (C=O) groups excluding carboxylic acids is 1. The third kappa shape index (κ3) is 3.83. The van der Waals surface area contributed by atoms with Crippen LogP contribution in [0.4, 0.5) is 5.69 Å². The first-order valence-corrected chi connectivity index (χ1v) is 8.15. The molecule has 1 aromatic carbocycles. The third-order valence-electron chi connectivity index (χ3n) is 3.50. The molecule has 0 aliphatic rings. The van der Waals surface area contributed by atoms with Gasteiger partial charge in [0, 0.05) is 35.8 Å². The SMILES string of the molecule is CCn1ccc2cc(NC(=O)CCCCCP)ccc21. The Bertz CT molecular complexity index is 577. The van der Waals surface area contributed by atoms with Crippen LogP contribution >= 0.6 is 9.24 Å². The highest BCUT2D eigenvalue weighted by Gasteiger charge is 2.04. The third-order valence-corrected chi connectivity index (χ3v) is 3.91. The fraction of sp³-hybridized carbons (Fsp3) is 0.438. The number of rotatable bonds is 7. The van der Waals surface area contributed by atoms with Crippen LogP contribution < -0.4 is 5.32 Å². The fourth-order valence-corrected chi connectivity index (χ4v) is 2.67. The second-order valence-electron chi connectivity index (χ2n) is 5.02. The fourth-order valence-electron chi connectivity index (χ4n) is 2.38. The van der Waals surface area contributed by atoms with Crippen LogP contribution in [0.15, 0.2) is 30.5 Å². The maximum Gasteiger partial charge on any atom is 0.224 e. The van der Waals surface area contributed by atoms with Gasteiger partial charge in [0.05, 0.1) is 0 Å². The van der Waals surface area contributed by atoms with Crippen LogP contribution in [-0.2, 0) is 11.3 Å². The molecule has 4 heteroatoms. The van der Waals surface area contributed by atoms with Crippen LogP contribution in [0.3, 0.4) is 0 Å². The number of nitrogens with one attached hydrogen (secondary N) is 1. The van der Waals surface area contributed by atoms with Gasteiger partial charge >= 0.3 is 0 Å². The Labute approximate surface area is 122 Å². The summed E-state index contributed by atoms with van der Waals surface area (Å²) in [5.74, 6) is 0.114. The summed E-state index contributed by atoms with van der Waals surface area (Å²) in [6, 6.07) is 8.19. The number of fused-ring (bicyclic) bond motifs is 1. The molecule has 1 heterocycles. The molecule has 3 nitrogen and oxygen atoms in total. The maximum atomic E-state index is 11.9. The summed E-state index contributed by atoms with van der Waals surface area (Å²) >= 11 is 0. The minimum Gasteiger partial charge on any atom is -0.348 e. The molecule has 1 aromatic heterocycles. The van der Waals surface area contributed by atoms with E-state index < -0.39 is 0 Å². The summed E-state index contributed by atoms with van der Waals surface area (Å²) in [4.78, 5) is 11.9. The number of aryl methyl sites for hydroxylation is 1. The quantitative estimate of drug-likeness (QED) is 0.606. The zero-order valence-corrected chi connectivity index (χ0v) is 13.2. The number of carbonyl (C=O) groups is 1. The van der Waals surface area contributed by atoms with Crippen LogP contribution in [-0.4, -0.2) is 16.6 Å². The molecule has 0 fully saturated rings. The van der Waals surface area contributed by atoms with Gasteiger partial charge in [0.2, 0.25) is 5.91 Å². The van der Waals surface area contributed by atoms with Gasteiger partial charge in [-0.2, -0.15) is 0 Å². The van der Waals surface area contributed by atoms with Crippen molar-refractivity contribution in [3.05, 3.63) is 30.5 Å². The molecule has 0 saturated carbocycles. The van der Waals surface area contributed by atoms with E-state index in [0.29, 0.717) is 6.42 Å². The number of unbranched alkanes of at least 4 members (excludes halogenated alkanes) is 2. The van der Waals surface area contributed by atoms with Crippen LogP contribution in [0.25, 0.3) is 10.9 Å². The first-order valence-electron chi connectivity index (χ1n) is 7.33. The van der Waals surface area contributed by atoms with Crippen LogP contribution in [0.5, 0.6) is 0 Å². The number of hydrogen-bond acceptors (Lipinski definition) is 1. The second kappa shape index (κ2) is 7.44. The van der Waals surface area contributed by atoms with E-state index in [4.69, 9.17) is 0 Å². The molecule has 0 spiro atoms. The minimum atomic E-state index is 0.114. The number of anilines is 1. The van der Waals surface area contributed by atoms with E-state index in [1.165, 1.54) is 17.3 Å². The molecule has 0 aliphatic heterocycles. The van der Waals surface area contributed by atoms with Gasteiger partial charge < -0.3 is 9.88 Å². The van der Waals surface area contributed by atoms with Crippen molar-refractivity contribution < 1.29 is 4.79 Å². The van der Waals surface area contributed by atoms with Gasteiger partial charge in [-0.05, 0) is 50.2 Å². The summed E-state index contributed by atoms with van der Waals surface area (Å²) in [6.07, 6.45) is 7.07. The number of hydrogen-bond donors (Lipinski definition) is 1. The zero-order chi connectivity index (χ0) is 14.4. The molecule has 1 amide bonds. The van der Waals surface area contributed by atoms with Gasteiger partial charge in [-0.3, -0.25) is 4.79 Å². The predicted octanol–water partition coefficient (Wildman–Crippen LogP) is 4.04. The van der Waals surface area contributed by atoms with Crippen molar-refractivity contribution in [2.24, 2.45) is 0 Å². The average Bonchev–Trinajstić information content (AvgIpc) is 2.86. The number of benzene rings is 1. The van der Waals surface area contributed by atoms with E-state index in [0.717, 1.165) is 31.2 Å². The Morgan fingerprint density at radius 1 is 1.25 bits per heavy atom.